The second-order valence-electron chi connectivity index (χ2n) is 7.25. The van der Waals surface area contributed by atoms with Crippen molar-refractivity contribution in [3.8, 4) is 0 Å². The minimum Gasteiger partial charge on any atom is -0.359 e. The molecule has 2 heterocycles. The number of aromatic nitrogens is 3. The number of benzene rings is 1. The molecular weight excluding hydrogens is 415 g/mol. The summed E-state index contributed by atoms with van der Waals surface area (Å²) in [6.07, 6.45) is -2.97. The van der Waals surface area contributed by atoms with E-state index in [0.29, 0.717) is 17.8 Å². The molecule has 0 saturated heterocycles. The molecule has 0 atom stereocenters. The predicted octanol–water partition coefficient (Wildman–Crippen LogP) is 4.18. The zero-order chi connectivity index (χ0) is 22.6. The lowest BCUT2D eigenvalue weighted by atomic mass is 10.1. The molecular formula is C20H20F3N5O3. The fourth-order valence-corrected chi connectivity index (χ4v) is 2.67. The van der Waals surface area contributed by atoms with Crippen molar-refractivity contribution >= 4 is 23.2 Å². The zero-order valence-electron chi connectivity index (χ0n) is 16.7. The Morgan fingerprint density at radius 1 is 1.10 bits per heavy atom. The van der Waals surface area contributed by atoms with Crippen LogP contribution in [0.2, 0.25) is 0 Å². The van der Waals surface area contributed by atoms with Gasteiger partial charge in [-0.1, -0.05) is 19.0 Å². The number of carbonyl (C=O) groups excluding carboxylic acids is 2. The molecule has 0 fully saturated rings. The molecule has 0 spiro atoms. The van der Waals surface area contributed by atoms with Crippen LogP contribution >= 0.6 is 0 Å². The van der Waals surface area contributed by atoms with Crippen LogP contribution in [0.1, 0.15) is 42.2 Å². The van der Waals surface area contributed by atoms with E-state index in [2.05, 4.69) is 20.9 Å². The normalized spacial score (nSPS) is 11.5. The van der Waals surface area contributed by atoms with E-state index in [-0.39, 0.29) is 29.8 Å². The Morgan fingerprint density at radius 2 is 1.74 bits per heavy atom. The maximum Gasteiger partial charge on any atom is 0.435 e. The number of rotatable bonds is 7. The molecule has 2 amide bonds. The second-order valence-corrected chi connectivity index (χ2v) is 7.25. The Labute approximate surface area is 175 Å². The van der Waals surface area contributed by atoms with Crippen LogP contribution in [0, 0.1) is 5.92 Å². The molecule has 0 aliphatic rings. The molecule has 3 rings (SSSR count). The maximum atomic E-state index is 12.6. The number of hydrogen-bond donors (Lipinski definition) is 2. The van der Waals surface area contributed by atoms with Gasteiger partial charge >= 0.3 is 6.18 Å². The van der Waals surface area contributed by atoms with Gasteiger partial charge in [-0.15, -0.1) is 0 Å². The summed E-state index contributed by atoms with van der Waals surface area (Å²) in [6.45, 7) is 3.78. The van der Waals surface area contributed by atoms with E-state index in [4.69, 9.17) is 4.52 Å². The molecule has 2 aromatic heterocycles. The van der Waals surface area contributed by atoms with Gasteiger partial charge in [-0.05, 0) is 36.2 Å². The van der Waals surface area contributed by atoms with E-state index < -0.39 is 17.8 Å². The highest BCUT2D eigenvalue weighted by Crippen LogP contribution is 2.27. The molecule has 1 aromatic carbocycles. The van der Waals surface area contributed by atoms with E-state index in [9.17, 15) is 22.8 Å². The highest BCUT2D eigenvalue weighted by Gasteiger charge is 2.33. The van der Waals surface area contributed by atoms with Crippen LogP contribution in [0.4, 0.5) is 24.5 Å². The number of amides is 2. The number of carbonyl (C=O) groups is 2. The lowest BCUT2D eigenvalue weighted by molar-refractivity contribution is -0.141. The second kappa shape index (κ2) is 9.02. The zero-order valence-corrected chi connectivity index (χ0v) is 16.7. The van der Waals surface area contributed by atoms with Gasteiger partial charge in [-0.2, -0.15) is 18.3 Å². The van der Waals surface area contributed by atoms with E-state index in [1.54, 1.807) is 24.3 Å². The van der Waals surface area contributed by atoms with Crippen molar-refractivity contribution in [1.29, 1.82) is 0 Å². The molecule has 0 saturated carbocycles. The lowest BCUT2D eigenvalue weighted by Gasteiger charge is -2.08. The van der Waals surface area contributed by atoms with Gasteiger partial charge in [0.15, 0.2) is 17.1 Å². The number of anilines is 2. The van der Waals surface area contributed by atoms with Gasteiger partial charge < -0.3 is 15.2 Å². The molecule has 0 aliphatic carbocycles. The van der Waals surface area contributed by atoms with E-state index >= 15 is 0 Å². The topological polar surface area (TPSA) is 102 Å². The Balaban J connectivity index is 1.57. The maximum absolute atomic E-state index is 12.6. The molecule has 0 bridgehead atoms. The Morgan fingerprint density at radius 3 is 2.32 bits per heavy atom. The summed E-state index contributed by atoms with van der Waals surface area (Å²) in [5, 5.41) is 12.4. The van der Waals surface area contributed by atoms with Crippen LogP contribution in [0.25, 0.3) is 0 Å². The minimum absolute atomic E-state index is 0.0347. The Bertz CT molecular complexity index is 1050. The summed E-state index contributed by atoms with van der Waals surface area (Å²) in [5.41, 5.74) is 0.0180. The number of hydrogen-bond acceptors (Lipinski definition) is 5. The first-order valence-electron chi connectivity index (χ1n) is 9.37. The minimum atomic E-state index is -4.54. The average Bonchev–Trinajstić information content (AvgIpc) is 3.32. The Kier molecular flexibility index (Phi) is 6.42. The van der Waals surface area contributed by atoms with E-state index in [1.165, 1.54) is 6.07 Å². The molecule has 2 N–H and O–H groups in total. The third-order valence-electron chi connectivity index (χ3n) is 4.06. The van der Waals surface area contributed by atoms with Gasteiger partial charge in [0, 0.05) is 30.1 Å². The summed E-state index contributed by atoms with van der Waals surface area (Å²) in [5.74, 6) is -0.236. The van der Waals surface area contributed by atoms with Gasteiger partial charge in [-0.3, -0.25) is 14.3 Å². The fraction of sp³-hybridized carbons (Fsp3) is 0.300. The van der Waals surface area contributed by atoms with Crippen LogP contribution in [0.3, 0.4) is 0 Å². The van der Waals surface area contributed by atoms with Crippen molar-refractivity contribution in [2.24, 2.45) is 5.92 Å². The smallest absolute Gasteiger partial charge is 0.359 e. The van der Waals surface area contributed by atoms with Crippen LogP contribution in [-0.2, 0) is 17.5 Å². The van der Waals surface area contributed by atoms with E-state index in [0.717, 1.165) is 16.9 Å². The van der Waals surface area contributed by atoms with Gasteiger partial charge in [0.25, 0.3) is 5.91 Å². The number of nitrogens with zero attached hydrogens (tertiary/aromatic N) is 3. The number of halogens is 3. The molecule has 0 aliphatic heterocycles. The standard InChI is InChI=1S/C20H20F3N5O3/c1-12(2)9-18(29)24-13-3-5-14(6-4-13)25-19(30)16-10-15(31-27-16)11-28-8-7-17(26-28)20(21,22)23/h3-8,10,12H,9,11H2,1-2H3,(H,24,29)(H,25,30). The summed E-state index contributed by atoms with van der Waals surface area (Å²) in [4.78, 5) is 24.1. The van der Waals surface area contributed by atoms with Gasteiger partial charge in [0.1, 0.15) is 6.54 Å². The van der Waals surface area contributed by atoms with Crippen molar-refractivity contribution < 1.29 is 27.3 Å². The number of nitrogens with one attached hydrogen (secondary N) is 2. The van der Waals surface area contributed by atoms with Crippen molar-refractivity contribution in [2.45, 2.75) is 33.0 Å². The highest BCUT2D eigenvalue weighted by molar-refractivity contribution is 6.03. The summed E-state index contributed by atoms with van der Waals surface area (Å²) >= 11 is 0. The fourth-order valence-electron chi connectivity index (χ4n) is 2.67. The van der Waals surface area contributed by atoms with Crippen molar-refractivity contribution in [2.75, 3.05) is 10.6 Å². The first kappa shape index (κ1) is 22.1. The first-order valence-corrected chi connectivity index (χ1v) is 9.37. The summed E-state index contributed by atoms with van der Waals surface area (Å²) in [6, 6.07) is 8.71. The van der Waals surface area contributed by atoms with Crippen LogP contribution in [0.15, 0.2) is 47.1 Å². The quantitative estimate of drug-likeness (QED) is 0.580. The van der Waals surface area contributed by atoms with Crippen molar-refractivity contribution in [3.63, 3.8) is 0 Å². The van der Waals surface area contributed by atoms with Crippen LogP contribution in [0.5, 0.6) is 0 Å². The Hall–Kier alpha value is -3.63. The predicted molar refractivity (Wildman–Crippen MR) is 105 cm³/mol. The molecule has 0 unspecified atom stereocenters. The van der Waals surface area contributed by atoms with Crippen LogP contribution in [-0.4, -0.2) is 26.8 Å². The SMILES string of the molecule is CC(C)CC(=O)Nc1ccc(NC(=O)c2cc(Cn3ccc(C(F)(F)F)n3)on2)cc1. The first-order chi connectivity index (χ1) is 14.6. The summed E-state index contributed by atoms with van der Waals surface area (Å²) < 4.78 is 43.9. The third-order valence-corrected chi connectivity index (χ3v) is 4.06. The monoisotopic (exact) mass is 435 g/mol. The van der Waals surface area contributed by atoms with Gasteiger partial charge in [0.05, 0.1) is 0 Å². The molecule has 0 radical (unpaired) electrons. The van der Waals surface area contributed by atoms with Crippen molar-refractivity contribution in [3.05, 3.63) is 59.7 Å². The molecule has 11 heteroatoms. The van der Waals surface area contributed by atoms with E-state index in [1.807, 2.05) is 13.8 Å². The molecule has 8 nitrogen and oxygen atoms in total. The molecule has 31 heavy (non-hydrogen) atoms. The average molecular weight is 435 g/mol. The lowest BCUT2D eigenvalue weighted by Crippen LogP contribution is -2.14. The third kappa shape index (κ3) is 6.17. The van der Waals surface area contributed by atoms with Crippen LogP contribution < -0.4 is 10.6 Å². The number of alkyl halides is 3. The van der Waals surface area contributed by atoms with Gasteiger partial charge in [0.2, 0.25) is 5.91 Å². The van der Waals surface area contributed by atoms with Crippen molar-refractivity contribution in [1.82, 2.24) is 14.9 Å². The van der Waals surface area contributed by atoms with Gasteiger partial charge in [-0.25, -0.2) is 0 Å². The summed E-state index contributed by atoms with van der Waals surface area (Å²) in [7, 11) is 0. The largest absolute Gasteiger partial charge is 0.435 e. The highest BCUT2D eigenvalue weighted by atomic mass is 19.4. The molecule has 164 valence electrons. The molecule has 3 aromatic rings.